The van der Waals surface area contributed by atoms with Crippen LogP contribution in [0.4, 0.5) is 4.79 Å². The van der Waals surface area contributed by atoms with E-state index >= 15 is 0 Å². The molecule has 31 heavy (non-hydrogen) atoms. The predicted molar refractivity (Wildman–Crippen MR) is 134 cm³/mol. The van der Waals surface area contributed by atoms with Crippen LogP contribution in [0, 0.1) is 7.14 Å². The Labute approximate surface area is 210 Å². The van der Waals surface area contributed by atoms with Crippen LogP contribution < -0.4 is 9.47 Å². The Bertz CT molecular complexity index is 1050. The zero-order valence-electron chi connectivity index (χ0n) is 16.5. The minimum absolute atomic E-state index is 0.222. The second kappa shape index (κ2) is 10.7. The van der Waals surface area contributed by atoms with Gasteiger partial charge in [-0.2, -0.15) is 0 Å². The van der Waals surface area contributed by atoms with E-state index in [1.807, 2.05) is 24.3 Å². The molecule has 7 nitrogen and oxygen atoms in total. The van der Waals surface area contributed by atoms with Crippen molar-refractivity contribution in [3.8, 4) is 11.5 Å². The molecule has 2 aromatic rings. The lowest BCUT2D eigenvalue weighted by molar-refractivity contribution is -0.143. The molecule has 1 aliphatic heterocycles. The molecular formula is C21H17I2NO6S. The second-order valence-corrected chi connectivity index (χ2v) is 9.69. The molecule has 3 rings (SSSR count). The van der Waals surface area contributed by atoms with Gasteiger partial charge in [0, 0.05) is 3.57 Å². The number of ether oxygens (including phenoxy) is 3. The molecule has 2 aromatic carbocycles. The van der Waals surface area contributed by atoms with Crippen LogP contribution in [0.1, 0.15) is 11.1 Å². The molecule has 0 radical (unpaired) electrons. The standard InChI is InChI=1S/C21H17I2NO6S/c1-28-16-8-13(7-15(23)19(16)30-11-18(25)29-2)9-17-20(26)24(21(27)31-17)10-12-3-5-14(22)6-4-12/h3-9H,10-11H2,1-2H3/b17-9-. The number of esters is 1. The fraction of sp³-hybridized carbons (Fsp3) is 0.190. The average molecular weight is 665 g/mol. The minimum atomic E-state index is -0.510. The van der Waals surface area contributed by atoms with Gasteiger partial charge in [0.1, 0.15) is 0 Å². The Kier molecular flexibility index (Phi) is 8.22. The van der Waals surface area contributed by atoms with Gasteiger partial charge in [-0.15, -0.1) is 0 Å². The van der Waals surface area contributed by atoms with Gasteiger partial charge in [0.2, 0.25) is 0 Å². The maximum absolute atomic E-state index is 12.8. The van der Waals surface area contributed by atoms with Crippen LogP contribution in [0.25, 0.3) is 6.08 Å². The van der Waals surface area contributed by atoms with Crippen LogP contribution in [-0.2, 0) is 20.9 Å². The van der Waals surface area contributed by atoms with E-state index in [9.17, 15) is 14.4 Å². The van der Waals surface area contributed by atoms with Crippen LogP contribution in [0.5, 0.6) is 11.5 Å². The largest absolute Gasteiger partial charge is 0.493 e. The Morgan fingerprint density at radius 1 is 1.13 bits per heavy atom. The van der Waals surface area contributed by atoms with Crippen LogP contribution >= 0.6 is 56.9 Å². The van der Waals surface area contributed by atoms with E-state index < -0.39 is 5.97 Å². The van der Waals surface area contributed by atoms with Crippen molar-refractivity contribution in [2.75, 3.05) is 20.8 Å². The highest BCUT2D eigenvalue weighted by Gasteiger charge is 2.35. The van der Waals surface area contributed by atoms with E-state index in [-0.39, 0.29) is 24.3 Å². The van der Waals surface area contributed by atoms with Gasteiger partial charge in [0.05, 0.1) is 29.2 Å². The van der Waals surface area contributed by atoms with E-state index in [0.29, 0.717) is 25.5 Å². The maximum atomic E-state index is 12.8. The van der Waals surface area contributed by atoms with Crippen LogP contribution in [0.2, 0.25) is 0 Å². The molecule has 0 atom stereocenters. The van der Waals surface area contributed by atoms with Gasteiger partial charge in [-0.05, 0) is 98.4 Å². The molecular weight excluding hydrogens is 648 g/mol. The second-order valence-electron chi connectivity index (χ2n) is 6.29. The number of nitrogens with zero attached hydrogens (tertiary/aromatic N) is 1. The van der Waals surface area contributed by atoms with E-state index in [0.717, 1.165) is 20.9 Å². The summed E-state index contributed by atoms with van der Waals surface area (Å²) in [4.78, 5) is 38.2. The molecule has 0 unspecified atom stereocenters. The van der Waals surface area contributed by atoms with E-state index in [1.165, 1.54) is 19.1 Å². The summed E-state index contributed by atoms with van der Waals surface area (Å²) >= 11 is 5.16. The zero-order chi connectivity index (χ0) is 22.5. The SMILES string of the molecule is COC(=O)COc1c(I)cc(/C=C2\SC(=O)N(Cc3ccc(I)cc3)C2=O)cc1OC. The predicted octanol–water partition coefficient (Wildman–Crippen LogP) is 4.69. The number of carbonyl (C=O) groups excluding carboxylic acids is 3. The molecule has 1 aliphatic rings. The molecule has 2 amide bonds. The highest BCUT2D eigenvalue weighted by atomic mass is 127. The number of thioether (sulfide) groups is 1. The monoisotopic (exact) mass is 665 g/mol. The Morgan fingerprint density at radius 2 is 1.84 bits per heavy atom. The van der Waals surface area contributed by atoms with Crippen molar-refractivity contribution in [2.24, 2.45) is 0 Å². The first-order valence-electron chi connectivity index (χ1n) is 8.89. The first-order chi connectivity index (χ1) is 14.8. The number of rotatable bonds is 7. The van der Waals surface area contributed by atoms with Gasteiger partial charge in [-0.25, -0.2) is 4.79 Å². The average Bonchev–Trinajstić information content (AvgIpc) is 3.01. The first-order valence-corrected chi connectivity index (χ1v) is 11.9. The lowest BCUT2D eigenvalue weighted by Gasteiger charge is -2.13. The third-order valence-corrected chi connectivity index (χ3v) is 6.67. The lowest BCUT2D eigenvalue weighted by atomic mass is 10.1. The smallest absolute Gasteiger partial charge is 0.343 e. The van der Waals surface area contributed by atoms with Crippen molar-refractivity contribution in [1.29, 1.82) is 0 Å². The van der Waals surface area contributed by atoms with Gasteiger partial charge in [-0.1, -0.05) is 12.1 Å². The lowest BCUT2D eigenvalue weighted by Crippen LogP contribution is -2.27. The number of methoxy groups -OCH3 is 2. The van der Waals surface area contributed by atoms with Crippen LogP contribution in [-0.4, -0.2) is 42.8 Å². The van der Waals surface area contributed by atoms with Crippen LogP contribution in [0.15, 0.2) is 41.3 Å². The van der Waals surface area contributed by atoms with Crippen molar-refractivity contribution in [3.63, 3.8) is 0 Å². The quantitative estimate of drug-likeness (QED) is 0.241. The number of imide groups is 1. The fourth-order valence-corrected chi connectivity index (χ4v) is 4.69. The number of hydrogen-bond donors (Lipinski definition) is 0. The molecule has 0 aliphatic carbocycles. The van der Waals surface area contributed by atoms with Crippen molar-refractivity contribution in [1.82, 2.24) is 4.90 Å². The number of amides is 2. The first kappa shape index (κ1) is 23.9. The number of hydrogen-bond acceptors (Lipinski definition) is 7. The van der Waals surface area contributed by atoms with Gasteiger partial charge < -0.3 is 14.2 Å². The molecule has 1 saturated heterocycles. The Hall–Kier alpha value is -1.80. The molecule has 10 heteroatoms. The zero-order valence-corrected chi connectivity index (χ0v) is 21.6. The Balaban J connectivity index is 1.81. The molecule has 0 bridgehead atoms. The van der Waals surface area contributed by atoms with Crippen LogP contribution in [0.3, 0.4) is 0 Å². The molecule has 0 aromatic heterocycles. The Morgan fingerprint density at radius 3 is 2.48 bits per heavy atom. The summed E-state index contributed by atoms with van der Waals surface area (Å²) in [5, 5.41) is -0.311. The summed E-state index contributed by atoms with van der Waals surface area (Å²) in [5.41, 5.74) is 1.55. The summed E-state index contributed by atoms with van der Waals surface area (Å²) in [7, 11) is 2.76. The molecule has 0 spiro atoms. The summed E-state index contributed by atoms with van der Waals surface area (Å²) in [6.07, 6.45) is 1.65. The molecule has 1 heterocycles. The fourth-order valence-electron chi connectivity index (χ4n) is 2.71. The van der Waals surface area contributed by atoms with Crippen molar-refractivity contribution in [2.45, 2.75) is 6.54 Å². The van der Waals surface area contributed by atoms with Crippen molar-refractivity contribution < 1.29 is 28.6 Å². The van der Waals surface area contributed by atoms with E-state index in [4.69, 9.17) is 9.47 Å². The van der Waals surface area contributed by atoms with Gasteiger partial charge in [0.15, 0.2) is 18.1 Å². The summed E-state index contributed by atoms with van der Waals surface area (Å²) in [6.45, 7) is -0.0281. The summed E-state index contributed by atoms with van der Waals surface area (Å²) < 4.78 is 17.2. The van der Waals surface area contributed by atoms with Crippen molar-refractivity contribution >= 4 is 80.1 Å². The minimum Gasteiger partial charge on any atom is -0.493 e. The number of benzene rings is 2. The van der Waals surface area contributed by atoms with E-state index in [1.54, 1.807) is 18.2 Å². The van der Waals surface area contributed by atoms with Gasteiger partial charge in [-0.3, -0.25) is 14.5 Å². The summed E-state index contributed by atoms with van der Waals surface area (Å²) in [6, 6.07) is 11.1. The van der Waals surface area contributed by atoms with Crippen molar-refractivity contribution in [3.05, 3.63) is 59.6 Å². The van der Waals surface area contributed by atoms with Gasteiger partial charge in [0.25, 0.3) is 11.1 Å². The maximum Gasteiger partial charge on any atom is 0.343 e. The third-order valence-electron chi connectivity index (χ3n) is 4.24. The highest BCUT2D eigenvalue weighted by Crippen LogP contribution is 2.37. The number of carbonyl (C=O) groups is 3. The highest BCUT2D eigenvalue weighted by molar-refractivity contribution is 14.1. The van der Waals surface area contributed by atoms with Gasteiger partial charge >= 0.3 is 5.97 Å². The third kappa shape index (κ3) is 5.92. The topological polar surface area (TPSA) is 82.1 Å². The normalized spacial score (nSPS) is 14.8. The molecule has 0 saturated carbocycles. The molecule has 1 fully saturated rings. The molecule has 162 valence electrons. The van der Waals surface area contributed by atoms with E-state index in [2.05, 4.69) is 49.9 Å². The molecule has 0 N–H and O–H groups in total. The number of halogens is 2. The summed E-state index contributed by atoms with van der Waals surface area (Å²) in [5.74, 6) is -0.0464.